The van der Waals surface area contributed by atoms with E-state index in [4.69, 9.17) is 4.74 Å². The number of halogens is 3. The minimum atomic E-state index is -0.806. The molecule has 1 N–H and O–H groups in total. The Labute approximate surface area is 281 Å². The summed E-state index contributed by atoms with van der Waals surface area (Å²) in [4.78, 5) is 15.1. The number of fused-ring (bicyclic) bond motifs is 3. The molecular formula is C39H41ClF2N2O3. The summed E-state index contributed by atoms with van der Waals surface area (Å²) in [6.45, 7) is 5.55. The van der Waals surface area contributed by atoms with Crippen molar-refractivity contribution in [3.05, 3.63) is 131 Å². The lowest BCUT2D eigenvalue weighted by atomic mass is 9.78. The first-order chi connectivity index (χ1) is 22.4. The van der Waals surface area contributed by atoms with Gasteiger partial charge in [0, 0.05) is 11.3 Å². The average Bonchev–Trinajstić information content (AvgIpc) is 3.09. The highest BCUT2D eigenvalue weighted by molar-refractivity contribution is 6.03. The van der Waals surface area contributed by atoms with E-state index in [1.54, 1.807) is 29.2 Å². The summed E-state index contributed by atoms with van der Waals surface area (Å²) >= 11 is 0. The Morgan fingerprint density at radius 2 is 1.36 bits per heavy atom. The topological polar surface area (TPSA) is 49.8 Å². The molecule has 4 aliphatic rings. The van der Waals surface area contributed by atoms with Crippen LogP contribution in [0.25, 0.3) is 0 Å². The molecule has 4 aromatic carbocycles. The number of nitrogens with zero attached hydrogens (tertiary/aromatic N) is 2. The molecule has 0 aliphatic carbocycles. The maximum Gasteiger partial charge on any atom is 0.233 e. The van der Waals surface area contributed by atoms with Crippen LogP contribution in [0.1, 0.15) is 66.5 Å². The van der Waals surface area contributed by atoms with E-state index < -0.39 is 6.10 Å². The normalized spacial score (nSPS) is 23.9. The van der Waals surface area contributed by atoms with Gasteiger partial charge in [0.05, 0.1) is 37.7 Å². The van der Waals surface area contributed by atoms with Gasteiger partial charge in [0.15, 0.2) is 0 Å². The van der Waals surface area contributed by atoms with Crippen molar-refractivity contribution in [3.63, 3.8) is 0 Å². The third-order valence-electron chi connectivity index (χ3n) is 10.5. The summed E-state index contributed by atoms with van der Waals surface area (Å²) in [5.74, 6) is 0.561. The zero-order chi connectivity index (χ0) is 31.7. The van der Waals surface area contributed by atoms with Gasteiger partial charge in [-0.05, 0) is 103 Å². The first-order valence-corrected chi connectivity index (χ1v) is 16.5. The second-order valence-corrected chi connectivity index (χ2v) is 13.5. The smallest absolute Gasteiger partial charge is 0.233 e. The summed E-state index contributed by atoms with van der Waals surface area (Å²) in [5.41, 5.74) is 4.71. The predicted octanol–water partition coefficient (Wildman–Crippen LogP) is 4.90. The van der Waals surface area contributed by atoms with Crippen molar-refractivity contribution >= 4 is 11.6 Å². The van der Waals surface area contributed by atoms with Crippen LogP contribution in [0.5, 0.6) is 5.75 Å². The number of ether oxygens (including phenoxy) is 1. The van der Waals surface area contributed by atoms with Crippen molar-refractivity contribution in [1.82, 2.24) is 0 Å². The molecule has 4 heterocycles. The highest BCUT2D eigenvalue weighted by atomic mass is 35.5. The number of rotatable bonds is 11. The van der Waals surface area contributed by atoms with Crippen LogP contribution in [-0.2, 0) is 17.9 Å². The number of β-lactam (4-membered cyclic amide) rings is 1. The van der Waals surface area contributed by atoms with Crippen LogP contribution in [0.15, 0.2) is 97.1 Å². The maximum atomic E-state index is 13.7. The Hall–Kier alpha value is -3.78. The molecule has 4 aliphatic heterocycles. The molecular weight excluding hydrogens is 618 g/mol. The largest absolute Gasteiger partial charge is 1.00 e. The zero-order valence-electron chi connectivity index (χ0n) is 26.4. The van der Waals surface area contributed by atoms with Crippen LogP contribution in [0.2, 0.25) is 0 Å². The van der Waals surface area contributed by atoms with Gasteiger partial charge < -0.3 is 31.6 Å². The fourth-order valence-corrected chi connectivity index (χ4v) is 7.72. The predicted molar refractivity (Wildman–Crippen MR) is 174 cm³/mol. The van der Waals surface area contributed by atoms with Crippen molar-refractivity contribution in [3.8, 4) is 5.75 Å². The molecule has 4 saturated heterocycles. The fraction of sp³-hybridized carbons (Fsp3) is 0.359. The molecule has 0 saturated carbocycles. The van der Waals surface area contributed by atoms with Gasteiger partial charge in [0.25, 0.3) is 0 Å². The molecule has 2 bridgehead atoms. The molecule has 0 aromatic heterocycles. The van der Waals surface area contributed by atoms with Gasteiger partial charge in [0.2, 0.25) is 5.91 Å². The van der Waals surface area contributed by atoms with E-state index in [0.29, 0.717) is 30.7 Å². The quantitative estimate of drug-likeness (QED) is 0.184. The molecule has 246 valence electrons. The summed E-state index contributed by atoms with van der Waals surface area (Å²) in [5, 5.41) is 10.7. The lowest BCUT2D eigenvalue weighted by Gasteiger charge is -2.49. The van der Waals surface area contributed by atoms with Crippen LogP contribution in [0, 0.1) is 23.5 Å². The number of amides is 1. The molecule has 5 nitrogen and oxygen atoms in total. The van der Waals surface area contributed by atoms with Crippen molar-refractivity contribution in [1.29, 1.82) is 0 Å². The number of aliphatic hydroxyl groups is 1. The minimum Gasteiger partial charge on any atom is -1.00 e. The minimum absolute atomic E-state index is 0. The van der Waals surface area contributed by atoms with Gasteiger partial charge in [-0.1, -0.05) is 48.5 Å². The third kappa shape index (κ3) is 7.23. The van der Waals surface area contributed by atoms with Crippen LogP contribution in [0.4, 0.5) is 14.5 Å². The fourth-order valence-electron chi connectivity index (χ4n) is 7.72. The summed E-state index contributed by atoms with van der Waals surface area (Å²) in [6, 6.07) is 28.1. The third-order valence-corrected chi connectivity index (χ3v) is 10.5. The molecule has 0 unspecified atom stereocenters. The van der Waals surface area contributed by atoms with Crippen molar-refractivity contribution < 1.29 is 40.3 Å². The number of hydrogen-bond donors (Lipinski definition) is 1. The molecule has 1 amide bonds. The van der Waals surface area contributed by atoms with Crippen LogP contribution >= 0.6 is 0 Å². The highest BCUT2D eigenvalue weighted by Gasteiger charge is 2.48. The second kappa shape index (κ2) is 14.1. The zero-order valence-corrected chi connectivity index (χ0v) is 27.2. The Balaban J connectivity index is 0.00000386. The van der Waals surface area contributed by atoms with Crippen LogP contribution in [-0.4, -0.2) is 35.1 Å². The van der Waals surface area contributed by atoms with Gasteiger partial charge in [-0.15, -0.1) is 0 Å². The number of hydrogen-bond acceptors (Lipinski definition) is 3. The summed E-state index contributed by atoms with van der Waals surface area (Å²) in [7, 11) is 0. The number of quaternary nitrogens is 1. The molecule has 4 fully saturated rings. The second-order valence-electron chi connectivity index (χ2n) is 13.5. The van der Waals surface area contributed by atoms with Crippen molar-refractivity contribution in [2.24, 2.45) is 11.8 Å². The maximum absolute atomic E-state index is 13.7. The van der Waals surface area contributed by atoms with E-state index in [9.17, 15) is 18.7 Å². The van der Waals surface area contributed by atoms with Gasteiger partial charge in [-0.3, -0.25) is 4.79 Å². The molecule has 0 spiro atoms. The number of carbonyl (C=O) groups is 1. The summed E-state index contributed by atoms with van der Waals surface area (Å²) < 4.78 is 34.4. The Kier molecular flexibility index (Phi) is 9.97. The molecule has 0 radical (unpaired) electrons. The van der Waals surface area contributed by atoms with E-state index in [0.717, 1.165) is 29.3 Å². The lowest BCUT2D eigenvalue weighted by Crippen LogP contribution is -3.00. The van der Waals surface area contributed by atoms with E-state index >= 15 is 0 Å². The monoisotopic (exact) mass is 658 g/mol. The average molecular weight is 659 g/mol. The van der Waals surface area contributed by atoms with Crippen LogP contribution < -0.4 is 22.0 Å². The first-order valence-electron chi connectivity index (χ1n) is 16.5. The first kappa shape index (κ1) is 33.1. The Bertz CT molecular complexity index is 1630. The standard InChI is InChI=1S/C39H41F2N2O3.ClH/c40-32-9-5-30(6-10-32)37(44)18-17-36-38(42(39(36)45)34-13-11-33(41)12-14-34)31-7-15-35(16-8-31)46-26-29-3-1-28(2-4-29)25-43-22-19-27(20-23-43)21-24-43;/h1-16,27,36-38,44H,17-26H2;1H/q+1;/p-1/t27?,36-,37+,38-,43?;/m1./s1. The molecule has 3 atom stereocenters. The number of piperidine rings is 3. The van der Waals surface area contributed by atoms with E-state index in [1.807, 2.05) is 24.3 Å². The van der Waals surface area contributed by atoms with Gasteiger partial charge in [-0.2, -0.15) is 0 Å². The number of carbonyl (C=O) groups excluding carboxylic acids is 1. The molecule has 4 aromatic rings. The molecule has 8 heteroatoms. The van der Waals surface area contributed by atoms with E-state index in [1.165, 1.54) is 73.2 Å². The lowest BCUT2D eigenvalue weighted by molar-refractivity contribution is -0.955. The Morgan fingerprint density at radius 1 is 0.787 bits per heavy atom. The highest BCUT2D eigenvalue weighted by Crippen LogP contribution is 2.46. The molecule has 47 heavy (non-hydrogen) atoms. The van der Waals surface area contributed by atoms with Crippen LogP contribution in [0.3, 0.4) is 0 Å². The van der Waals surface area contributed by atoms with E-state index in [2.05, 4.69) is 24.3 Å². The van der Waals surface area contributed by atoms with Gasteiger partial charge in [0.1, 0.15) is 30.5 Å². The molecule has 8 rings (SSSR count). The number of benzene rings is 4. The summed E-state index contributed by atoms with van der Waals surface area (Å²) in [6.07, 6.45) is 4.15. The van der Waals surface area contributed by atoms with Crippen molar-refractivity contribution in [2.75, 3.05) is 24.5 Å². The number of anilines is 1. The SMILES string of the molecule is O=C1[C@H](CC[C@H](O)c2ccc(F)cc2)[C@@H](c2ccc(OCc3ccc(C[N+]45CCC(CC4)CC5)cc3)cc2)N1c1ccc(F)cc1.[Cl-]. The Morgan fingerprint density at radius 3 is 1.98 bits per heavy atom. The van der Waals surface area contributed by atoms with Crippen molar-refractivity contribution in [2.45, 2.75) is 57.4 Å². The van der Waals surface area contributed by atoms with Gasteiger partial charge >= 0.3 is 0 Å². The van der Waals surface area contributed by atoms with Gasteiger partial charge in [-0.25, -0.2) is 8.78 Å². The number of aliphatic hydroxyl groups excluding tert-OH is 1. The van der Waals surface area contributed by atoms with E-state index in [-0.39, 0.29) is 41.9 Å².